The van der Waals surface area contributed by atoms with Gasteiger partial charge in [0.1, 0.15) is 0 Å². The molecule has 0 aromatic heterocycles. The van der Waals surface area contributed by atoms with Crippen molar-refractivity contribution in [1.82, 2.24) is 0 Å². The number of rotatable bonds is 5. The third kappa shape index (κ3) is 3.25. The molecule has 6 N–H and O–H groups in total. The highest BCUT2D eigenvalue weighted by Crippen LogP contribution is 2.55. The minimum absolute atomic E-state index is 0. The summed E-state index contributed by atoms with van der Waals surface area (Å²) in [5, 5.41) is -14.3. The molecule has 0 aliphatic heterocycles. The van der Waals surface area contributed by atoms with Gasteiger partial charge in [0.05, 0.1) is 0 Å². The van der Waals surface area contributed by atoms with Gasteiger partial charge in [-0.25, -0.2) is 0 Å². The lowest BCUT2D eigenvalue weighted by Gasteiger charge is -2.33. The summed E-state index contributed by atoms with van der Waals surface area (Å²) >= 11 is 0. The molecule has 0 bridgehead atoms. The maximum Gasteiger partial charge on any atom is 0.438 e. The zero-order valence-corrected chi connectivity index (χ0v) is 11.0. The average molecular weight is 398 g/mol. The Kier molecular flexibility index (Phi) is 7.12. The van der Waals surface area contributed by atoms with Crippen molar-refractivity contribution in [2.45, 2.75) is 22.4 Å². The van der Waals surface area contributed by atoms with Crippen molar-refractivity contribution in [3.05, 3.63) is 0 Å². The van der Waals surface area contributed by atoms with Crippen LogP contribution in [0, 0.1) is 0 Å². The van der Waals surface area contributed by atoms with Gasteiger partial charge in [-0.1, -0.05) is 0 Å². The topological polar surface area (TPSA) is 172 Å². The van der Waals surface area contributed by atoms with Gasteiger partial charge in [-0.05, 0) is 0 Å². The molecule has 0 saturated heterocycles. The number of hydrogen-bond donors (Lipinski definition) is 2. The van der Waals surface area contributed by atoms with E-state index in [0.717, 1.165) is 0 Å². The van der Waals surface area contributed by atoms with Crippen molar-refractivity contribution in [2.75, 3.05) is 0 Å². The third-order valence-electron chi connectivity index (χ3n) is 1.77. The second-order valence-electron chi connectivity index (χ2n) is 3.13. The van der Waals surface area contributed by atoms with Crippen molar-refractivity contribution in [3.63, 3.8) is 0 Å². The monoisotopic (exact) mass is 398 g/mol. The first-order valence-corrected chi connectivity index (χ1v) is 6.58. The van der Waals surface area contributed by atoms with E-state index < -0.39 is 42.6 Å². The fourth-order valence-electron chi connectivity index (χ4n) is 0.690. The van der Waals surface area contributed by atoms with Gasteiger partial charge in [-0.3, -0.25) is 9.11 Å². The summed E-state index contributed by atoms with van der Waals surface area (Å²) < 4.78 is 155. The molecule has 0 aliphatic rings. The van der Waals surface area contributed by atoms with Crippen LogP contribution in [-0.4, -0.2) is 59.2 Å². The minimum atomic E-state index is -7.58. The first-order chi connectivity index (χ1) is 8.25. The van der Waals surface area contributed by atoms with Crippen LogP contribution in [0.4, 0.5) is 35.1 Å². The van der Waals surface area contributed by atoms with Crippen molar-refractivity contribution >= 4 is 20.2 Å². The highest BCUT2D eigenvalue weighted by molar-refractivity contribution is 7.87. The van der Waals surface area contributed by atoms with Gasteiger partial charge in [-0.2, -0.15) is 52.0 Å². The molecule has 0 atom stereocenters. The normalized spacial score (nSPS) is 14.8. The first kappa shape index (κ1) is 26.1. The molecule has 8 nitrogen and oxygen atoms in total. The number of halogens is 8. The van der Waals surface area contributed by atoms with E-state index in [4.69, 9.17) is 9.11 Å². The molecule has 0 aromatic carbocycles. The molecule has 0 aliphatic carbocycles. The van der Waals surface area contributed by atoms with E-state index in [9.17, 15) is 52.0 Å². The Morgan fingerprint density at radius 2 is 0.682 bits per heavy atom. The quantitative estimate of drug-likeness (QED) is 0.470. The fourth-order valence-corrected chi connectivity index (χ4v) is 1.59. The van der Waals surface area contributed by atoms with E-state index in [1.54, 1.807) is 0 Å². The van der Waals surface area contributed by atoms with Gasteiger partial charge >= 0.3 is 42.6 Å². The van der Waals surface area contributed by atoms with Crippen LogP contribution in [0.1, 0.15) is 0 Å². The smallest absolute Gasteiger partial charge is 0.412 e. The third-order valence-corrected chi connectivity index (χ3v) is 3.58. The zero-order valence-electron chi connectivity index (χ0n) is 9.37. The molecule has 0 aromatic rings. The lowest BCUT2D eigenvalue weighted by molar-refractivity contribution is -0.327. The van der Waals surface area contributed by atoms with E-state index in [1.165, 1.54) is 0 Å². The lowest BCUT2D eigenvalue weighted by Crippen LogP contribution is -2.66. The highest BCUT2D eigenvalue weighted by Gasteiger charge is 2.87. The Morgan fingerprint density at radius 1 is 0.545 bits per heavy atom. The Labute approximate surface area is 115 Å². The molecule has 0 unspecified atom stereocenters. The Balaban J connectivity index is -0.00000180. The van der Waals surface area contributed by atoms with Crippen molar-refractivity contribution in [1.29, 1.82) is 0 Å². The highest BCUT2D eigenvalue weighted by atomic mass is 32.2. The second kappa shape index (κ2) is 6.00. The van der Waals surface area contributed by atoms with Gasteiger partial charge in [0, 0.05) is 0 Å². The maximum absolute atomic E-state index is 12.6. The van der Waals surface area contributed by atoms with E-state index in [-0.39, 0.29) is 11.0 Å². The molecule has 0 rings (SSSR count). The van der Waals surface area contributed by atoms with E-state index in [2.05, 4.69) is 0 Å². The predicted molar refractivity (Wildman–Crippen MR) is 50.1 cm³/mol. The van der Waals surface area contributed by atoms with Crippen LogP contribution < -0.4 is 0 Å². The van der Waals surface area contributed by atoms with Crippen LogP contribution in [0.5, 0.6) is 0 Å². The summed E-state index contributed by atoms with van der Waals surface area (Å²) in [6, 6.07) is 0. The Morgan fingerprint density at radius 3 is 0.773 bits per heavy atom. The lowest BCUT2D eigenvalue weighted by atomic mass is 10.2. The standard InChI is InChI=1S/C4H2F8O6S2.2H2O/c5-1(6,3(9,10)19(13,14)15)2(7,8)4(11,12)20(16,17)18;;/h(H,13,14,15)(H,16,17,18);2*1H2. The van der Waals surface area contributed by atoms with Crippen molar-refractivity contribution < 1.29 is 72.0 Å². The minimum Gasteiger partial charge on any atom is -0.412 e. The van der Waals surface area contributed by atoms with Crippen LogP contribution in [-0.2, 0) is 20.2 Å². The molecule has 0 saturated carbocycles. The molecule has 22 heavy (non-hydrogen) atoms. The molecule has 0 fully saturated rings. The summed E-state index contributed by atoms with van der Waals surface area (Å²) in [5.41, 5.74) is 0. The van der Waals surface area contributed by atoms with Crippen LogP contribution in [0.25, 0.3) is 0 Å². The molecule has 18 heteroatoms. The molecule has 0 heterocycles. The maximum atomic E-state index is 12.6. The SMILES string of the molecule is O.O.O=S(=O)(O)C(F)(F)C(F)(F)C(F)(F)C(F)(F)S(=O)(=O)O. The van der Waals surface area contributed by atoms with E-state index >= 15 is 0 Å². The predicted octanol–water partition coefficient (Wildman–Crippen LogP) is -0.431. The van der Waals surface area contributed by atoms with E-state index in [0.29, 0.717) is 0 Å². The molecular weight excluding hydrogens is 392 g/mol. The molecule has 0 amide bonds. The Hall–Kier alpha value is -0.820. The van der Waals surface area contributed by atoms with Crippen LogP contribution >= 0.6 is 0 Å². The summed E-state index contributed by atoms with van der Waals surface area (Å²) in [6.45, 7) is 0. The number of hydrogen-bond acceptors (Lipinski definition) is 4. The zero-order chi connectivity index (χ0) is 17.0. The van der Waals surface area contributed by atoms with Crippen LogP contribution in [0.2, 0.25) is 0 Å². The summed E-state index contributed by atoms with van der Waals surface area (Å²) in [7, 11) is -14.6. The van der Waals surface area contributed by atoms with Gasteiger partial charge < -0.3 is 11.0 Å². The van der Waals surface area contributed by atoms with Gasteiger partial charge in [0.2, 0.25) is 0 Å². The van der Waals surface area contributed by atoms with Crippen molar-refractivity contribution in [2.24, 2.45) is 0 Å². The molecular formula is C4H6F8O8S2. The number of alkyl halides is 8. The molecule has 0 radical (unpaired) electrons. The van der Waals surface area contributed by atoms with E-state index in [1.807, 2.05) is 0 Å². The molecule has 138 valence electrons. The average Bonchev–Trinajstić information content (AvgIpc) is 2.12. The Bertz CT molecular complexity index is 540. The largest absolute Gasteiger partial charge is 0.438 e. The van der Waals surface area contributed by atoms with Crippen molar-refractivity contribution in [3.8, 4) is 0 Å². The summed E-state index contributed by atoms with van der Waals surface area (Å²) in [4.78, 5) is 0. The first-order valence-electron chi connectivity index (χ1n) is 3.70. The molecule has 0 spiro atoms. The summed E-state index contributed by atoms with van der Waals surface area (Å²) in [5.74, 6) is -15.2. The van der Waals surface area contributed by atoms with Crippen LogP contribution in [0.15, 0.2) is 0 Å². The fraction of sp³-hybridized carbons (Fsp3) is 1.00. The van der Waals surface area contributed by atoms with Gasteiger partial charge in [-0.15, -0.1) is 0 Å². The van der Waals surface area contributed by atoms with Gasteiger partial charge in [0.25, 0.3) is 0 Å². The summed E-state index contributed by atoms with van der Waals surface area (Å²) in [6.07, 6.45) is 0. The van der Waals surface area contributed by atoms with Crippen LogP contribution in [0.3, 0.4) is 0 Å². The second-order valence-corrected chi connectivity index (χ2v) is 6.06. The van der Waals surface area contributed by atoms with Gasteiger partial charge in [0.15, 0.2) is 0 Å².